The third kappa shape index (κ3) is 2.22. The van der Waals surface area contributed by atoms with E-state index >= 15 is 0 Å². The van der Waals surface area contributed by atoms with Gasteiger partial charge in [0.2, 0.25) is 0 Å². The Balaban J connectivity index is 2.76. The number of ether oxygens (including phenoxy) is 2. The molecule has 0 bridgehead atoms. The zero-order valence-corrected chi connectivity index (χ0v) is 8.04. The van der Waals surface area contributed by atoms with Gasteiger partial charge in [-0.2, -0.15) is 0 Å². The van der Waals surface area contributed by atoms with Crippen molar-refractivity contribution in [3.8, 4) is 0 Å². The number of carbonyl (C=O) groups is 2. The molecule has 4 heteroatoms. The normalized spacial score (nSPS) is 15.4. The average Bonchev–Trinajstić information content (AvgIpc) is 2.50. The fraction of sp³-hybridized carbons (Fsp3) is 0.400. The molecule has 1 rings (SSSR count). The third-order valence-electron chi connectivity index (χ3n) is 1.93. The highest BCUT2D eigenvalue weighted by molar-refractivity contribution is 5.99. The molecule has 0 aromatic rings. The summed E-state index contributed by atoms with van der Waals surface area (Å²) in [5.41, 5.74) is 0.533. The molecule has 0 aromatic heterocycles. The van der Waals surface area contributed by atoms with Gasteiger partial charge >= 0.3 is 5.97 Å². The van der Waals surface area contributed by atoms with Crippen molar-refractivity contribution in [2.45, 2.75) is 12.8 Å². The number of hydrogen-bond donors (Lipinski definition) is 0. The van der Waals surface area contributed by atoms with Gasteiger partial charge in [0.05, 0.1) is 7.11 Å². The largest absolute Gasteiger partial charge is 0.489 e. The van der Waals surface area contributed by atoms with Gasteiger partial charge in [-0.15, -0.1) is 6.58 Å². The number of methoxy groups -OCH3 is 1. The third-order valence-corrected chi connectivity index (χ3v) is 1.93. The van der Waals surface area contributed by atoms with Crippen LogP contribution in [-0.2, 0) is 19.1 Å². The Labute approximate surface area is 82.2 Å². The topological polar surface area (TPSA) is 52.6 Å². The van der Waals surface area contributed by atoms with Crippen LogP contribution in [0.4, 0.5) is 0 Å². The standard InChI is InChI=1S/C10H12O4/c1-3-4-7-8(11)6-14-9(7)5-10(12)13-2/h3H,1,4-6H2,2H3. The van der Waals surface area contributed by atoms with Gasteiger partial charge in [0.1, 0.15) is 12.2 Å². The predicted octanol–water partition coefficient (Wildman–Crippen LogP) is 0.979. The monoisotopic (exact) mass is 196 g/mol. The maximum atomic E-state index is 11.3. The van der Waals surface area contributed by atoms with Crippen molar-refractivity contribution in [2.75, 3.05) is 13.7 Å². The number of esters is 1. The van der Waals surface area contributed by atoms with Crippen molar-refractivity contribution in [3.63, 3.8) is 0 Å². The number of hydrogen-bond acceptors (Lipinski definition) is 4. The van der Waals surface area contributed by atoms with Crippen LogP contribution >= 0.6 is 0 Å². The van der Waals surface area contributed by atoms with Crippen molar-refractivity contribution >= 4 is 11.8 Å². The molecule has 0 N–H and O–H groups in total. The number of Topliss-reactive ketones (excluding diaryl/α,β-unsaturated/α-hetero) is 1. The van der Waals surface area contributed by atoms with Crippen LogP contribution in [0, 0.1) is 0 Å². The first-order chi connectivity index (χ1) is 6.69. The minimum absolute atomic E-state index is 0.0193. The van der Waals surface area contributed by atoms with E-state index in [1.807, 2.05) is 0 Å². The quantitative estimate of drug-likeness (QED) is 0.496. The maximum Gasteiger partial charge on any atom is 0.313 e. The summed E-state index contributed by atoms with van der Waals surface area (Å²) in [5, 5.41) is 0. The summed E-state index contributed by atoms with van der Waals surface area (Å²) < 4.78 is 9.57. The van der Waals surface area contributed by atoms with Crippen molar-refractivity contribution in [1.82, 2.24) is 0 Å². The molecule has 0 aliphatic carbocycles. The Kier molecular flexibility index (Phi) is 3.45. The molecule has 1 aliphatic heterocycles. The van der Waals surface area contributed by atoms with E-state index in [1.54, 1.807) is 6.08 Å². The van der Waals surface area contributed by atoms with E-state index in [-0.39, 0.29) is 18.8 Å². The summed E-state index contributed by atoms with van der Waals surface area (Å²) in [7, 11) is 1.30. The van der Waals surface area contributed by atoms with Crippen molar-refractivity contribution < 1.29 is 19.1 Å². The van der Waals surface area contributed by atoms with Gasteiger partial charge in [-0.3, -0.25) is 9.59 Å². The second kappa shape index (κ2) is 4.60. The van der Waals surface area contributed by atoms with E-state index in [0.29, 0.717) is 17.8 Å². The first kappa shape index (κ1) is 10.5. The fourth-order valence-electron chi connectivity index (χ4n) is 1.22. The summed E-state index contributed by atoms with van der Waals surface area (Å²) >= 11 is 0. The molecule has 0 fully saturated rings. The van der Waals surface area contributed by atoms with Crippen LogP contribution in [0.25, 0.3) is 0 Å². The number of rotatable bonds is 4. The highest BCUT2D eigenvalue weighted by Gasteiger charge is 2.25. The molecule has 1 heterocycles. The molecule has 0 radical (unpaired) electrons. The van der Waals surface area contributed by atoms with E-state index in [2.05, 4.69) is 11.3 Å². The summed E-state index contributed by atoms with van der Waals surface area (Å²) in [4.78, 5) is 22.2. The highest BCUT2D eigenvalue weighted by Crippen LogP contribution is 2.22. The fourth-order valence-corrected chi connectivity index (χ4v) is 1.22. The van der Waals surface area contributed by atoms with E-state index in [1.165, 1.54) is 7.11 Å². The Morgan fingerprint density at radius 1 is 1.71 bits per heavy atom. The van der Waals surface area contributed by atoms with Gasteiger partial charge in [0.15, 0.2) is 12.4 Å². The smallest absolute Gasteiger partial charge is 0.313 e. The Morgan fingerprint density at radius 3 is 3.00 bits per heavy atom. The van der Waals surface area contributed by atoms with Gasteiger partial charge in [-0.05, 0) is 6.42 Å². The Morgan fingerprint density at radius 2 is 2.43 bits per heavy atom. The molecule has 0 unspecified atom stereocenters. The summed E-state index contributed by atoms with van der Waals surface area (Å²) in [6.07, 6.45) is 2.07. The van der Waals surface area contributed by atoms with Crippen LogP contribution < -0.4 is 0 Å². The van der Waals surface area contributed by atoms with Gasteiger partial charge < -0.3 is 9.47 Å². The minimum atomic E-state index is -0.406. The molecule has 0 saturated carbocycles. The molecule has 0 spiro atoms. The first-order valence-corrected chi connectivity index (χ1v) is 4.24. The second-order valence-electron chi connectivity index (χ2n) is 2.86. The van der Waals surface area contributed by atoms with Crippen LogP contribution in [0.15, 0.2) is 24.0 Å². The lowest BCUT2D eigenvalue weighted by Crippen LogP contribution is -2.03. The van der Waals surface area contributed by atoms with Crippen LogP contribution in [0.5, 0.6) is 0 Å². The van der Waals surface area contributed by atoms with E-state index in [4.69, 9.17) is 4.74 Å². The molecule has 0 amide bonds. The maximum absolute atomic E-state index is 11.3. The van der Waals surface area contributed by atoms with E-state index in [9.17, 15) is 9.59 Å². The SMILES string of the molecule is C=CCC1=C(CC(=O)OC)OCC1=O. The molecular weight excluding hydrogens is 184 g/mol. The molecule has 0 atom stereocenters. The van der Waals surface area contributed by atoms with Crippen LogP contribution in [0.1, 0.15) is 12.8 Å². The lowest BCUT2D eigenvalue weighted by atomic mass is 10.1. The molecule has 76 valence electrons. The van der Waals surface area contributed by atoms with E-state index < -0.39 is 5.97 Å². The lowest BCUT2D eigenvalue weighted by molar-refractivity contribution is -0.140. The molecule has 0 aromatic carbocycles. The summed E-state index contributed by atoms with van der Waals surface area (Å²) in [6.45, 7) is 3.56. The molecule has 14 heavy (non-hydrogen) atoms. The van der Waals surface area contributed by atoms with Crippen LogP contribution in [0.3, 0.4) is 0 Å². The first-order valence-electron chi connectivity index (χ1n) is 4.24. The number of allylic oxidation sites excluding steroid dienone is 1. The predicted molar refractivity (Wildman–Crippen MR) is 49.4 cm³/mol. The summed E-state index contributed by atoms with van der Waals surface area (Å²) in [6, 6.07) is 0. The van der Waals surface area contributed by atoms with Gasteiger partial charge in [-0.1, -0.05) is 6.08 Å². The number of carbonyl (C=O) groups excluding carboxylic acids is 2. The van der Waals surface area contributed by atoms with Crippen molar-refractivity contribution in [1.29, 1.82) is 0 Å². The molecule has 4 nitrogen and oxygen atoms in total. The summed E-state index contributed by atoms with van der Waals surface area (Å²) in [5.74, 6) is -0.0678. The minimum Gasteiger partial charge on any atom is -0.489 e. The molecule has 1 aliphatic rings. The highest BCUT2D eigenvalue weighted by atomic mass is 16.5. The molecule has 0 saturated heterocycles. The van der Waals surface area contributed by atoms with Crippen LogP contribution in [0.2, 0.25) is 0 Å². The Bertz CT molecular complexity index is 301. The Hall–Kier alpha value is -1.58. The van der Waals surface area contributed by atoms with Gasteiger partial charge in [0, 0.05) is 5.57 Å². The van der Waals surface area contributed by atoms with Gasteiger partial charge in [0.25, 0.3) is 0 Å². The second-order valence-corrected chi connectivity index (χ2v) is 2.86. The number of ketones is 1. The van der Waals surface area contributed by atoms with Crippen LogP contribution in [-0.4, -0.2) is 25.5 Å². The zero-order chi connectivity index (χ0) is 10.6. The lowest BCUT2D eigenvalue weighted by Gasteiger charge is -2.02. The van der Waals surface area contributed by atoms with Crippen molar-refractivity contribution in [3.05, 3.63) is 24.0 Å². The van der Waals surface area contributed by atoms with E-state index in [0.717, 1.165) is 0 Å². The zero-order valence-electron chi connectivity index (χ0n) is 8.04. The average molecular weight is 196 g/mol. The molecular formula is C10H12O4. The van der Waals surface area contributed by atoms with Crippen molar-refractivity contribution in [2.24, 2.45) is 0 Å². The van der Waals surface area contributed by atoms with Gasteiger partial charge in [-0.25, -0.2) is 0 Å².